The molecule has 0 aliphatic carbocycles. The molecule has 2 aromatic rings. The van der Waals surface area contributed by atoms with Crippen molar-refractivity contribution in [2.24, 2.45) is 0 Å². The number of ether oxygens (including phenoxy) is 4. The van der Waals surface area contributed by atoms with Gasteiger partial charge in [0.25, 0.3) is 0 Å². The molecule has 0 N–H and O–H groups in total. The highest BCUT2D eigenvalue weighted by Gasteiger charge is 2.38. The lowest BCUT2D eigenvalue weighted by atomic mass is 10.0. The number of hydrogen-bond donors (Lipinski definition) is 0. The van der Waals surface area contributed by atoms with Gasteiger partial charge >= 0.3 is 0 Å². The Morgan fingerprint density at radius 1 is 0.897 bits per heavy atom. The number of rotatable bonds is 7. The molecular formula is C20H24BrNO6S. The summed E-state index contributed by atoms with van der Waals surface area (Å²) in [5, 5.41) is 0. The van der Waals surface area contributed by atoms with E-state index in [2.05, 4.69) is 15.9 Å². The lowest BCUT2D eigenvalue weighted by Gasteiger charge is -2.26. The maximum atomic E-state index is 13.5. The average molecular weight is 486 g/mol. The zero-order valence-corrected chi connectivity index (χ0v) is 19.2. The molecule has 1 saturated heterocycles. The molecule has 0 aromatic heterocycles. The number of sulfonamides is 1. The van der Waals surface area contributed by atoms with E-state index in [4.69, 9.17) is 18.9 Å². The van der Waals surface area contributed by atoms with E-state index in [1.54, 1.807) is 26.4 Å². The van der Waals surface area contributed by atoms with Crippen molar-refractivity contribution in [1.82, 2.24) is 4.31 Å². The summed E-state index contributed by atoms with van der Waals surface area (Å²) in [6.45, 7) is 0.433. The molecule has 29 heavy (non-hydrogen) atoms. The van der Waals surface area contributed by atoms with Crippen molar-refractivity contribution in [2.45, 2.75) is 23.8 Å². The quantitative estimate of drug-likeness (QED) is 0.589. The molecule has 3 rings (SSSR count). The summed E-state index contributed by atoms with van der Waals surface area (Å²) in [5.41, 5.74) is 0.861. The number of benzene rings is 2. The van der Waals surface area contributed by atoms with Crippen LogP contribution in [0.2, 0.25) is 0 Å². The minimum absolute atomic E-state index is 0.141. The second-order valence-electron chi connectivity index (χ2n) is 6.53. The normalized spacial score (nSPS) is 17.2. The van der Waals surface area contributed by atoms with Gasteiger partial charge in [0.1, 0.15) is 4.90 Å². The highest BCUT2D eigenvalue weighted by Crippen LogP contribution is 2.43. The molecule has 158 valence electrons. The molecule has 1 aliphatic rings. The van der Waals surface area contributed by atoms with Crippen LogP contribution in [0, 0.1) is 0 Å². The van der Waals surface area contributed by atoms with Crippen LogP contribution in [0.15, 0.2) is 39.7 Å². The summed E-state index contributed by atoms with van der Waals surface area (Å²) >= 11 is 3.37. The van der Waals surface area contributed by atoms with E-state index in [0.717, 1.165) is 18.4 Å². The van der Waals surface area contributed by atoms with Crippen molar-refractivity contribution in [1.29, 1.82) is 0 Å². The summed E-state index contributed by atoms with van der Waals surface area (Å²) in [6.07, 6.45) is 1.49. The molecule has 0 saturated carbocycles. The third-order valence-corrected chi connectivity index (χ3v) is 7.89. The van der Waals surface area contributed by atoms with Gasteiger partial charge in [-0.2, -0.15) is 4.31 Å². The summed E-state index contributed by atoms with van der Waals surface area (Å²) in [4.78, 5) is 0.141. The molecule has 0 amide bonds. The Morgan fingerprint density at radius 3 is 2.10 bits per heavy atom. The second-order valence-corrected chi connectivity index (χ2v) is 9.24. The van der Waals surface area contributed by atoms with Crippen molar-refractivity contribution in [3.8, 4) is 23.0 Å². The summed E-state index contributed by atoms with van der Waals surface area (Å²) in [7, 11) is 2.33. The number of methoxy groups -OCH3 is 4. The van der Waals surface area contributed by atoms with Crippen molar-refractivity contribution >= 4 is 26.0 Å². The van der Waals surface area contributed by atoms with E-state index in [1.165, 1.54) is 24.6 Å². The molecule has 0 spiro atoms. The van der Waals surface area contributed by atoms with E-state index < -0.39 is 10.0 Å². The van der Waals surface area contributed by atoms with E-state index in [-0.39, 0.29) is 10.9 Å². The zero-order chi connectivity index (χ0) is 21.2. The first-order valence-electron chi connectivity index (χ1n) is 9.02. The molecular weight excluding hydrogens is 462 g/mol. The highest BCUT2D eigenvalue weighted by molar-refractivity contribution is 9.10. The fraction of sp³-hybridized carbons (Fsp3) is 0.400. The third-order valence-electron chi connectivity index (χ3n) is 5.02. The van der Waals surface area contributed by atoms with Crippen LogP contribution in [0.25, 0.3) is 0 Å². The minimum Gasteiger partial charge on any atom is -0.493 e. The van der Waals surface area contributed by atoms with Gasteiger partial charge in [-0.25, -0.2) is 8.42 Å². The van der Waals surface area contributed by atoms with Gasteiger partial charge in [0.05, 0.1) is 34.5 Å². The van der Waals surface area contributed by atoms with Crippen molar-refractivity contribution in [3.05, 3.63) is 40.4 Å². The third kappa shape index (κ3) is 4.04. The molecule has 7 nitrogen and oxygen atoms in total. The van der Waals surface area contributed by atoms with Crippen LogP contribution >= 0.6 is 15.9 Å². The first-order chi connectivity index (χ1) is 13.9. The van der Waals surface area contributed by atoms with Gasteiger partial charge in [-0.05, 0) is 52.5 Å². The molecule has 1 unspecified atom stereocenters. The maximum Gasteiger partial charge on any atom is 0.244 e. The van der Waals surface area contributed by atoms with Crippen LogP contribution in [0.1, 0.15) is 24.4 Å². The van der Waals surface area contributed by atoms with Gasteiger partial charge in [-0.1, -0.05) is 6.07 Å². The van der Waals surface area contributed by atoms with Crippen molar-refractivity contribution < 1.29 is 27.4 Å². The van der Waals surface area contributed by atoms with Crippen LogP contribution in [0.5, 0.6) is 23.0 Å². The fourth-order valence-corrected chi connectivity index (χ4v) is 6.26. The highest BCUT2D eigenvalue weighted by atomic mass is 79.9. The number of halogens is 1. The first kappa shape index (κ1) is 21.7. The Balaban J connectivity index is 2.03. The monoisotopic (exact) mass is 485 g/mol. The van der Waals surface area contributed by atoms with Crippen LogP contribution in [0.4, 0.5) is 0 Å². The lowest BCUT2D eigenvalue weighted by molar-refractivity contribution is 0.350. The summed E-state index contributed by atoms with van der Waals surface area (Å²) < 4.78 is 50.2. The second kappa shape index (κ2) is 8.81. The minimum atomic E-state index is -3.78. The van der Waals surface area contributed by atoms with E-state index >= 15 is 0 Å². The molecule has 0 radical (unpaired) electrons. The number of hydrogen-bond acceptors (Lipinski definition) is 6. The Hall–Kier alpha value is -1.97. The van der Waals surface area contributed by atoms with E-state index in [0.29, 0.717) is 34.0 Å². The smallest absolute Gasteiger partial charge is 0.244 e. The zero-order valence-electron chi connectivity index (χ0n) is 16.8. The molecule has 1 aliphatic heterocycles. The van der Waals surface area contributed by atoms with Crippen molar-refractivity contribution in [2.75, 3.05) is 35.0 Å². The average Bonchev–Trinajstić information content (AvgIpc) is 3.23. The SMILES string of the molecule is COc1ccc(C2CCCN2S(=O)(=O)c2cc(OC)c(OC)cc2Br)cc1OC. The molecule has 1 heterocycles. The van der Waals surface area contributed by atoms with Crippen LogP contribution < -0.4 is 18.9 Å². The van der Waals surface area contributed by atoms with E-state index in [9.17, 15) is 8.42 Å². The topological polar surface area (TPSA) is 74.3 Å². The Morgan fingerprint density at radius 2 is 1.48 bits per heavy atom. The molecule has 1 fully saturated rings. The summed E-state index contributed by atoms with van der Waals surface area (Å²) in [6, 6.07) is 8.31. The molecule has 9 heteroatoms. The standard InChI is InChI=1S/C20H24BrNO6S/c1-25-16-8-7-13(10-17(16)26-2)15-6-5-9-22(15)29(23,24)20-12-19(28-4)18(27-3)11-14(20)21/h7-8,10-12,15H,5-6,9H2,1-4H3. The van der Waals surface area contributed by atoms with Gasteiger partial charge in [-0.3, -0.25) is 0 Å². The predicted octanol–water partition coefficient (Wildman–Crippen LogP) is 4.01. The van der Waals surface area contributed by atoms with E-state index in [1.807, 2.05) is 12.1 Å². The molecule has 1 atom stereocenters. The van der Waals surface area contributed by atoms with Gasteiger partial charge in [0.15, 0.2) is 23.0 Å². The largest absolute Gasteiger partial charge is 0.493 e. The number of nitrogens with zero attached hydrogens (tertiary/aromatic N) is 1. The van der Waals surface area contributed by atoms with Gasteiger partial charge in [-0.15, -0.1) is 0 Å². The predicted molar refractivity (Wildman–Crippen MR) is 113 cm³/mol. The van der Waals surface area contributed by atoms with Gasteiger partial charge in [0, 0.05) is 17.1 Å². The summed E-state index contributed by atoms with van der Waals surface area (Å²) in [5.74, 6) is 1.99. The Kier molecular flexibility index (Phi) is 6.60. The van der Waals surface area contributed by atoms with Crippen molar-refractivity contribution in [3.63, 3.8) is 0 Å². The van der Waals surface area contributed by atoms with Crippen LogP contribution in [-0.2, 0) is 10.0 Å². The fourth-order valence-electron chi connectivity index (χ4n) is 3.58. The Bertz CT molecular complexity index is 995. The maximum absolute atomic E-state index is 13.5. The lowest BCUT2D eigenvalue weighted by Crippen LogP contribution is -2.31. The van der Waals surface area contributed by atoms with Crippen LogP contribution in [-0.4, -0.2) is 47.7 Å². The Labute approximate surface area is 179 Å². The molecule has 2 aromatic carbocycles. The van der Waals surface area contributed by atoms with Crippen LogP contribution in [0.3, 0.4) is 0 Å². The van der Waals surface area contributed by atoms with Gasteiger partial charge in [0.2, 0.25) is 10.0 Å². The first-order valence-corrected chi connectivity index (χ1v) is 11.3. The molecule has 0 bridgehead atoms. The van der Waals surface area contributed by atoms with Gasteiger partial charge < -0.3 is 18.9 Å².